The van der Waals surface area contributed by atoms with Crippen molar-refractivity contribution < 1.29 is 23.8 Å². The van der Waals surface area contributed by atoms with Gasteiger partial charge in [-0.15, -0.1) is 0 Å². The Morgan fingerprint density at radius 3 is 2.49 bits per heavy atom. The van der Waals surface area contributed by atoms with Crippen LogP contribution in [-0.2, 0) is 17.9 Å². The smallest absolute Gasteiger partial charge is 0.419 e. The molecule has 4 aromatic rings. The molecule has 2 N–H and O–H groups in total. The molecule has 0 unspecified atom stereocenters. The van der Waals surface area contributed by atoms with Gasteiger partial charge in [-0.25, -0.2) is 18.7 Å². The lowest BCUT2D eigenvalue weighted by molar-refractivity contribution is 0.0547. The maximum absolute atomic E-state index is 14.8. The molecular weight excluding hydrogens is 497 g/mol. The van der Waals surface area contributed by atoms with Gasteiger partial charge in [-0.1, -0.05) is 50.2 Å². The topological polar surface area (TPSA) is 85.6 Å². The summed E-state index contributed by atoms with van der Waals surface area (Å²) < 4.78 is 28.1. The Morgan fingerprint density at radius 1 is 1.08 bits per heavy atom. The summed E-state index contributed by atoms with van der Waals surface area (Å²) in [7, 11) is 0. The van der Waals surface area contributed by atoms with Gasteiger partial charge in [-0.2, -0.15) is 0 Å². The fourth-order valence-corrected chi connectivity index (χ4v) is 4.25. The number of halogens is 1. The molecule has 39 heavy (non-hydrogen) atoms. The molecule has 0 amide bonds. The summed E-state index contributed by atoms with van der Waals surface area (Å²) in [6.07, 6.45) is -0.571. The van der Waals surface area contributed by atoms with Gasteiger partial charge >= 0.3 is 6.09 Å². The molecule has 0 aliphatic heterocycles. The Labute approximate surface area is 228 Å². The first-order chi connectivity index (χ1) is 18.6. The number of nitrogens with zero attached hydrogens (tertiary/aromatic N) is 2. The van der Waals surface area contributed by atoms with Crippen molar-refractivity contribution in [2.24, 2.45) is 5.92 Å². The number of carbonyl (C=O) groups is 1. The van der Waals surface area contributed by atoms with Gasteiger partial charge in [0, 0.05) is 18.0 Å². The number of pyridine rings is 1. The molecule has 0 fully saturated rings. The fraction of sp³-hybridized carbons (Fsp3) is 0.355. The van der Waals surface area contributed by atoms with E-state index in [-0.39, 0.29) is 30.8 Å². The van der Waals surface area contributed by atoms with Gasteiger partial charge in [0.05, 0.1) is 29.2 Å². The van der Waals surface area contributed by atoms with E-state index in [4.69, 9.17) is 9.47 Å². The average molecular weight is 534 g/mol. The first-order valence-electron chi connectivity index (χ1n) is 13.1. The third kappa shape index (κ3) is 6.82. The number of hydrogen-bond acceptors (Lipinski definition) is 6. The molecule has 0 aliphatic rings. The zero-order chi connectivity index (χ0) is 28.2. The number of aromatic nitrogens is 2. The van der Waals surface area contributed by atoms with E-state index in [1.165, 1.54) is 10.6 Å². The third-order valence-corrected chi connectivity index (χ3v) is 6.33. The largest absolute Gasteiger partial charge is 0.488 e. The molecule has 2 aromatic carbocycles. The van der Waals surface area contributed by atoms with E-state index in [9.17, 15) is 14.3 Å². The summed E-state index contributed by atoms with van der Waals surface area (Å²) in [4.78, 5) is 18.0. The van der Waals surface area contributed by atoms with E-state index >= 15 is 0 Å². The van der Waals surface area contributed by atoms with Crippen LogP contribution in [0, 0.1) is 11.7 Å². The van der Waals surface area contributed by atoms with E-state index in [0.29, 0.717) is 34.6 Å². The van der Waals surface area contributed by atoms with Gasteiger partial charge < -0.3 is 19.9 Å². The van der Waals surface area contributed by atoms with E-state index in [1.54, 1.807) is 26.8 Å². The molecule has 2 heterocycles. The van der Waals surface area contributed by atoms with Gasteiger partial charge in [0.25, 0.3) is 0 Å². The van der Waals surface area contributed by atoms with Gasteiger partial charge in [0.1, 0.15) is 23.8 Å². The Bertz CT molecular complexity index is 1430. The number of aliphatic hydroxyl groups excluding tert-OH is 1. The number of ether oxygens (including phenoxy) is 2. The number of hydrogen-bond donors (Lipinski definition) is 2. The molecule has 0 aliphatic carbocycles. The van der Waals surface area contributed by atoms with Crippen molar-refractivity contribution in [2.45, 2.75) is 59.4 Å². The minimum absolute atomic E-state index is 0.0718. The molecule has 0 saturated carbocycles. The molecule has 2 aromatic heterocycles. The monoisotopic (exact) mass is 533 g/mol. The quantitative estimate of drug-likeness (QED) is 0.262. The van der Waals surface area contributed by atoms with E-state index < -0.39 is 17.5 Å². The Morgan fingerprint density at radius 2 is 1.82 bits per heavy atom. The molecule has 0 spiro atoms. The van der Waals surface area contributed by atoms with Gasteiger partial charge in [-0.3, -0.25) is 0 Å². The van der Waals surface area contributed by atoms with Crippen molar-refractivity contribution in [3.8, 4) is 17.1 Å². The van der Waals surface area contributed by atoms with Crippen LogP contribution >= 0.6 is 0 Å². The SMILES string of the molecule is CC(C)[C@H](CO)NCc1nc(-c2cc3c(OCc4ccccc4)cccc3n2C(=O)OC(C)(C)C)ccc1F. The van der Waals surface area contributed by atoms with Gasteiger partial charge in [0.2, 0.25) is 0 Å². The molecule has 4 rings (SSSR count). The van der Waals surface area contributed by atoms with Crippen molar-refractivity contribution in [1.29, 1.82) is 0 Å². The Kier molecular flexibility index (Phi) is 8.67. The highest BCUT2D eigenvalue weighted by Gasteiger charge is 2.25. The molecule has 0 radical (unpaired) electrons. The van der Waals surface area contributed by atoms with Gasteiger partial charge in [0.15, 0.2) is 0 Å². The van der Waals surface area contributed by atoms with Crippen molar-refractivity contribution in [1.82, 2.24) is 14.9 Å². The summed E-state index contributed by atoms with van der Waals surface area (Å²) in [6, 6.07) is 19.8. The summed E-state index contributed by atoms with van der Waals surface area (Å²) in [6.45, 7) is 9.78. The highest BCUT2D eigenvalue weighted by molar-refractivity contribution is 5.98. The highest BCUT2D eigenvalue weighted by Crippen LogP contribution is 2.34. The van der Waals surface area contributed by atoms with Gasteiger partial charge in [-0.05, 0) is 62.6 Å². The van der Waals surface area contributed by atoms with Crippen molar-refractivity contribution in [3.63, 3.8) is 0 Å². The second-order valence-electron chi connectivity index (χ2n) is 10.8. The second kappa shape index (κ2) is 12.0. The molecular formula is C31H36FN3O4. The van der Waals surface area contributed by atoms with E-state index in [1.807, 2.05) is 68.4 Å². The lowest BCUT2D eigenvalue weighted by atomic mass is 10.1. The number of fused-ring (bicyclic) bond motifs is 1. The van der Waals surface area contributed by atoms with Crippen LogP contribution in [0.5, 0.6) is 5.75 Å². The average Bonchev–Trinajstić information content (AvgIpc) is 3.29. The fourth-order valence-electron chi connectivity index (χ4n) is 4.25. The second-order valence-corrected chi connectivity index (χ2v) is 10.8. The zero-order valence-electron chi connectivity index (χ0n) is 23.1. The lowest BCUT2D eigenvalue weighted by Gasteiger charge is -2.21. The van der Waals surface area contributed by atoms with Crippen LogP contribution in [0.2, 0.25) is 0 Å². The predicted molar refractivity (Wildman–Crippen MR) is 150 cm³/mol. The maximum atomic E-state index is 14.8. The molecule has 7 nitrogen and oxygen atoms in total. The first kappa shape index (κ1) is 28.3. The summed E-state index contributed by atoms with van der Waals surface area (Å²) in [5.41, 5.74) is 1.94. The number of carbonyl (C=O) groups excluding carboxylic acids is 1. The highest BCUT2D eigenvalue weighted by atomic mass is 19.1. The maximum Gasteiger partial charge on any atom is 0.419 e. The van der Waals surface area contributed by atoms with Crippen LogP contribution in [0.1, 0.15) is 45.9 Å². The van der Waals surface area contributed by atoms with E-state index in [0.717, 1.165) is 5.56 Å². The first-order valence-corrected chi connectivity index (χ1v) is 13.1. The standard InChI is InChI=1S/C31H36FN3O4/c1-20(2)26(18-36)33-17-25-23(32)14-15-24(34-25)28-16-22-27(35(28)30(37)39-31(3,4)5)12-9-13-29(22)38-19-21-10-7-6-8-11-21/h6-16,20,26,33,36H,17-19H2,1-5H3/t26-/m0/s1. The predicted octanol–water partition coefficient (Wildman–Crippen LogP) is 6.31. The molecule has 0 saturated heterocycles. The van der Waals surface area contributed by atoms with Crippen LogP contribution in [0.3, 0.4) is 0 Å². The Balaban J connectivity index is 1.77. The summed E-state index contributed by atoms with van der Waals surface area (Å²) in [5.74, 6) is 0.287. The van der Waals surface area contributed by atoms with Crippen LogP contribution in [-0.4, -0.2) is 39.0 Å². The summed E-state index contributed by atoms with van der Waals surface area (Å²) in [5, 5.41) is 13.5. The minimum atomic E-state index is -0.728. The number of aliphatic hydroxyl groups is 1. The molecule has 1 atom stereocenters. The number of benzene rings is 2. The van der Waals surface area contributed by atoms with Crippen molar-refractivity contribution in [2.75, 3.05) is 6.61 Å². The lowest BCUT2D eigenvalue weighted by Crippen LogP contribution is -2.37. The van der Waals surface area contributed by atoms with Crippen molar-refractivity contribution >= 4 is 17.0 Å². The zero-order valence-corrected chi connectivity index (χ0v) is 23.1. The van der Waals surface area contributed by atoms with E-state index in [2.05, 4.69) is 10.3 Å². The number of nitrogens with one attached hydrogen (secondary N) is 1. The van der Waals surface area contributed by atoms with Crippen molar-refractivity contribution in [3.05, 3.63) is 83.8 Å². The summed E-state index contributed by atoms with van der Waals surface area (Å²) >= 11 is 0. The van der Waals surface area contributed by atoms with Crippen LogP contribution in [0.15, 0.2) is 66.7 Å². The molecule has 0 bridgehead atoms. The van der Waals surface area contributed by atoms with Crippen LogP contribution < -0.4 is 10.1 Å². The third-order valence-electron chi connectivity index (χ3n) is 6.33. The van der Waals surface area contributed by atoms with Crippen LogP contribution in [0.25, 0.3) is 22.3 Å². The number of rotatable bonds is 9. The molecule has 8 heteroatoms. The Hall–Kier alpha value is -3.75. The molecule has 206 valence electrons. The normalized spacial score (nSPS) is 12.6. The minimum Gasteiger partial charge on any atom is -0.488 e. The van der Waals surface area contributed by atoms with Crippen LogP contribution in [0.4, 0.5) is 9.18 Å².